The highest BCUT2D eigenvalue weighted by Gasteiger charge is 2.41. The molecule has 2 rings (SSSR count). The summed E-state index contributed by atoms with van der Waals surface area (Å²) in [6.45, 7) is 3.80. The predicted octanol–water partition coefficient (Wildman–Crippen LogP) is 1.08. The number of aliphatic hydroxyl groups is 1. The summed E-state index contributed by atoms with van der Waals surface area (Å²) in [5.74, 6) is -0.572. The zero-order valence-electron chi connectivity index (χ0n) is 10.5. The first-order valence-electron chi connectivity index (χ1n) is 6.01. The molecule has 1 aliphatic heterocycles. The maximum absolute atomic E-state index is 12.2. The monoisotopic (exact) mass is 248 g/mol. The number of aliphatic hydroxyl groups excluding tert-OH is 1. The van der Waals surface area contributed by atoms with Crippen molar-refractivity contribution in [3.05, 3.63) is 29.6 Å². The number of carbonyl (C=O) groups excluding carboxylic acids is 2. The van der Waals surface area contributed by atoms with Gasteiger partial charge in [0.15, 0.2) is 0 Å². The average Bonchev–Trinajstić information content (AvgIpc) is 2.60. The van der Waals surface area contributed by atoms with Crippen molar-refractivity contribution in [2.24, 2.45) is 5.92 Å². The molecule has 96 valence electrons. The number of carbonyl (C=O) groups is 2. The summed E-state index contributed by atoms with van der Waals surface area (Å²) in [5, 5.41) is 9.07. The molecule has 5 heteroatoms. The molecule has 1 aliphatic rings. The van der Waals surface area contributed by atoms with Gasteiger partial charge in [0, 0.05) is 18.8 Å². The van der Waals surface area contributed by atoms with Crippen molar-refractivity contribution in [1.29, 1.82) is 0 Å². The molecule has 2 amide bonds. The average molecular weight is 248 g/mol. The topological polar surface area (TPSA) is 70.5 Å². The summed E-state index contributed by atoms with van der Waals surface area (Å²) in [4.78, 5) is 29.6. The van der Waals surface area contributed by atoms with Crippen molar-refractivity contribution >= 4 is 11.8 Å². The van der Waals surface area contributed by atoms with Gasteiger partial charge in [-0.05, 0) is 24.5 Å². The molecule has 0 fully saturated rings. The van der Waals surface area contributed by atoms with Crippen molar-refractivity contribution in [2.75, 3.05) is 6.61 Å². The molecule has 0 radical (unpaired) electrons. The zero-order valence-corrected chi connectivity index (χ0v) is 10.5. The Labute approximate surface area is 105 Å². The van der Waals surface area contributed by atoms with Gasteiger partial charge in [-0.3, -0.25) is 19.5 Å². The van der Waals surface area contributed by atoms with Crippen molar-refractivity contribution < 1.29 is 14.7 Å². The lowest BCUT2D eigenvalue weighted by Crippen LogP contribution is -2.43. The second-order valence-corrected chi connectivity index (χ2v) is 4.70. The van der Waals surface area contributed by atoms with Gasteiger partial charge >= 0.3 is 0 Å². The molecular formula is C13H16N2O3. The lowest BCUT2D eigenvalue weighted by Gasteiger charge is -2.28. The van der Waals surface area contributed by atoms with Crippen LogP contribution in [0.15, 0.2) is 18.3 Å². The van der Waals surface area contributed by atoms with Gasteiger partial charge in [-0.2, -0.15) is 0 Å². The Morgan fingerprint density at radius 2 is 2.06 bits per heavy atom. The fraction of sp³-hybridized carbons (Fsp3) is 0.462. The van der Waals surface area contributed by atoms with E-state index in [-0.39, 0.29) is 36.1 Å². The van der Waals surface area contributed by atoms with E-state index in [2.05, 4.69) is 4.98 Å². The van der Waals surface area contributed by atoms with Crippen molar-refractivity contribution in [1.82, 2.24) is 9.88 Å². The molecule has 0 aromatic carbocycles. The third kappa shape index (κ3) is 1.90. The van der Waals surface area contributed by atoms with Crippen LogP contribution in [0.4, 0.5) is 0 Å². The number of rotatable bonds is 4. The van der Waals surface area contributed by atoms with Gasteiger partial charge in [0.25, 0.3) is 11.8 Å². The molecule has 0 saturated carbocycles. The highest BCUT2D eigenvalue weighted by molar-refractivity contribution is 6.20. The standard InChI is InChI=1S/C13H16N2O3/c1-8(2)10(5-7-16)15-12(17)9-4-3-6-14-11(9)13(15)18/h3-4,6,8,10,16H,5,7H2,1-2H3. The number of fused-ring (bicyclic) bond motifs is 1. The molecule has 0 spiro atoms. The quantitative estimate of drug-likeness (QED) is 0.809. The Morgan fingerprint density at radius 1 is 1.33 bits per heavy atom. The second-order valence-electron chi connectivity index (χ2n) is 4.70. The Bertz CT molecular complexity index is 450. The van der Waals surface area contributed by atoms with E-state index < -0.39 is 0 Å². The van der Waals surface area contributed by atoms with Crippen molar-refractivity contribution in [3.63, 3.8) is 0 Å². The van der Waals surface area contributed by atoms with Crippen LogP contribution in [0.5, 0.6) is 0 Å². The lowest BCUT2D eigenvalue weighted by molar-refractivity contribution is 0.0508. The number of hydrogen-bond donors (Lipinski definition) is 1. The number of hydrogen-bond acceptors (Lipinski definition) is 4. The number of amides is 2. The molecule has 1 atom stereocenters. The number of aromatic nitrogens is 1. The maximum Gasteiger partial charge on any atom is 0.280 e. The van der Waals surface area contributed by atoms with E-state index in [1.165, 1.54) is 11.1 Å². The van der Waals surface area contributed by atoms with Gasteiger partial charge in [-0.25, -0.2) is 0 Å². The molecule has 0 aliphatic carbocycles. The fourth-order valence-electron chi connectivity index (χ4n) is 2.28. The summed E-state index contributed by atoms with van der Waals surface area (Å²) >= 11 is 0. The van der Waals surface area contributed by atoms with E-state index in [9.17, 15) is 9.59 Å². The van der Waals surface area contributed by atoms with E-state index in [1.807, 2.05) is 13.8 Å². The number of pyridine rings is 1. The second kappa shape index (κ2) is 4.86. The molecule has 2 heterocycles. The number of imide groups is 1. The van der Waals surface area contributed by atoms with E-state index in [1.54, 1.807) is 12.1 Å². The SMILES string of the molecule is CC(C)C(CCO)N1C(=O)c2cccnc2C1=O. The van der Waals surface area contributed by atoms with Crippen LogP contribution in [-0.2, 0) is 0 Å². The lowest BCUT2D eigenvalue weighted by atomic mass is 9.99. The zero-order chi connectivity index (χ0) is 13.3. The van der Waals surface area contributed by atoms with Gasteiger partial charge in [0.05, 0.1) is 5.56 Å². The smallest absolute Gasteiger partial charge is 0.280 e. The van der Waals surface area contributed by atoms with E-state index in [4.69, 9.17) is 5.11 Å². The van der Waals surface area contributed by atoms with Crippen molar-refractivity contribution in [2.45, 2.75) is 26.3 Å². The highest BCUT2D eigenvalue weighted by Crippen LogP contribution is 2.26. The van der Waals surface area contributed by atoms with Gasteiger partial charge in [-0.15, -0.1) is 0 Å². The Morgan fingerprint density at radius 3 is 2.61 bits per heavy atom. The summed E-state index contributed by atoms with van der Waals surface area (Å²) in [6.07, 6.45) is 1.90. The van der Waals surface area contributed by atoms with Crippen LogP contribution in [0.25, 0.3) is 0 Å². The van der Waals surface area contributed by atoms with Gasteiger partial charge < -0.3 is 5.11 Å². The molecule has 1 aromatic rings. The Hall–Kier alpha value is -1.75. The van der Waals surface area contributed by atoms with Crippen LogP contribution in [0.3, 0.4) is 0 Å². The van der Waals surface area contributed by atoms with Crippen LogP contribution in [-0.4, -0.2) is 39.5 Å². The van der Waals surface area contributed by atoms with Crippen LogP contribution in [0, 0.1) is 5.92 Å². The number of nitrogens with zero attached hydrogens (tertiary/aromatic N) is 2. The molecule has 18 heavy (non-hydrogen) atoms. The minimum atomic E-state index is -0.359. The normalized spacial score (nSPS) is 16.3. The van der Waals surface area contributed by atoms with E-state index >= 15 is 0 Å². The Balaban J connectivity index is 2.38. The molecular weight excluding hydrogens is 232 g/mol. The van der Waals surface area contributed by atoms with Crippen molar-refractivity contribution in [3.8, 4) is 0 Å². The third-order valence-electron chi connectivity index (χ3n) is 3.20. The van der Waals surface area contributed by atoms with Crippen LogP contribution >= 0.6 is 0 Å². The summed E-state index contributed by atoms with van der Waals surface area (Å²) in [7, 11) is 0. The maximum atomic E-state index is 12.2. The van der Waals surface area contributed by atoms with Crippen LogP contribution in [0.1, 0.15) is 41.1 Å². The first-order valence-corrected chi connectivity index (χ1v) is 6.01. The molecule has 0 saturated heterocycles. The predicted molar refractivity (Wildman–Crippen MR) is 65.1 cm³/mol. The summed E-state index contributed by atoms with van der Waals surface area (Å²) < 4.78 is 0. The molecule has 5 nitrogen and oxygen atoms in total. The Kier molecular flexibility index (Phi) is 3.43. The minimum Gasteiger partial charge on any atom is -0.396 e. The van der Waals surface area contributed by atoms with E-state index in [0.717, 1.165) is 0 Å². The summed E-state index contributed by atoms with van der Waals surface area (Å²) in [5.41, 5.74) is 0.567. The van der Waals surface area contributed by atoms with Crippen LogP contribution < -0.4 is 0 Å². The van der Waals surface area contributed by atoms with Crippen LogP contribution in [0.2, 0.25) is 0 Å². The van der Waals surface area contributed by atoms with Gasteiger partial charge in [0.2, 0.25) is 0 Å². The molecule has 0 bridgehead atoms. The van der Waals surface area contributed by atoms with Gasteiger partial charge in [-0.1, -0.05) is 13.8 Å². The van der Waals surface area contributed by atoms with E-state index in [0.29, 0.717) is 12.0 Å². The highest BCUT2D eigenvalue weighted by atomic mass is 16.3. The largest absolute Gasteiger partial charge is 0.396 e. The van der Waals surface area contributed by atoms with Gasteiger partial charge in [0.1, 0.15) is 5.69 Å². The third-order valence-corrected chi connectivity index (χ3v) is 3.20. The first kappa shape index (κ1) is 12.7. The molecule has 1 unspecified atom stereocenters. The molecule has 1 N–H and O–H groups in total. The minimum absolute atomic E-state index is 0.0519. The fourth-order valence-corrected chi connectivity index (χ4v) is 2.28. The molecule has 1 aromatic heterocycles. The summed E-state index contributed by atoms with van der Waals surface area (Å²) in [6, 6.07) is 2.97. The first-order chi connectivity index (χ1) is 8.57.